The lowest BCUT2D eigenvalue weighted by atomic mass is 10.2. The molecule has 1 aliphatic heterocycles. The van der Waals surface area contributed by atoms with Gasteiger partial charge in [0.1, 0.15) is 5.52 Å². The molecule has 1 saturated heterocycles. The zero-order valence-electron chi connectivity index (χ0n) is 13.1. The zero-order valence-corrected chi connectivity index (χ0v) is 13.1. The summed E-state index contributed by atoms with van der Waals surface area (Å²) in [5.41, 5.74) is 1.75. The molecule has 0 aromatic carbocycles. The van der Waals surface area contributed by atoms with Crippen LogP contribution in [0, 0.1) is 6.92 Å². The van der Waals surface area contributed by atoms with Crippen molar-refractivity contribution in [2.24, 2.45) is 0 Å². The first-order valence-corrected chi connectivity index (χ1v) is 7.12. The standard InChI is InChI=1S/C15H19N3O4/c1-9-5-11-13(17-14(9)20-4)18(12(19)6-16-11)10-7-21-15(2,3)22-8-10/h5-6,10H,7-8H2,1-4H3. The Labute approximate surface area is 127 Å². The summed E-state index contributed by atoms with van der Waals surface area (Å²) in [7, 11) is 1.55. The molecule has 0 amide bonds. The van der Waals surface area contributed by atoms with Gasteiger partial charge in [-0.1, -0.05) is 0 Å². The lowest BCUT2D eigenvalue weighted by molar-refractivity contribution is -0.258. The summed E-state index contributed by atoms with van der Waals surface area (Å²) < 4.78 is 18.1. The zero-order chi connectivity index (χ0) is 15.9. The largest absolute Gasteiger partial charge is 0.481 e. The van der Waals surface area contributed by atoms with Crippen LogP contribution in [0.1, 0.15) is 25.5 Å². The minimum Gasteiger partial charge on any atom is -0.481 e. The first kappa shape index (κ1) is 14.9. The Hall–Kier alpha value is -1.99. The molecular weight excluding hydrogens is 286 g/mol. The van der Waals surface area contributed by atoms with Gasteiger partial charge in [-0.15, -0.1) is 0 Å². The van der Waals surface area contributed by atoms with Crippen LogP contribution >= 0.6 is 0 Å². The minimum absolute atomic E-state index is 0.234. The van der Waals surface area contributed by atoms with Gasteiger partial charge < -0.3 is 14.2 Å². The minimum atomic E-state index is -0.634. The van der Waals surface area contributed by atoms with Crippen LogP contribution in [0.15, 0.2) is 17.1 Å². The Morgan fingerprint density at radius 1 is 1.36 bits per heavy atom. The van der Waals surface area contributed by atoms with E-state index >= 15 is 0 Å². The molecule has 3 heterocycles. The number of aromatic nitrogens is 3. The topological polar surface area (TPSA) is 75.5 Å². The van der Waals surface area contributed by atoms with Gasteiger partial charge >= 0.3 is 0 Å². The quantitative estimate of drug-likeness (QED) is 0.835. The average Bonchev–Trinajstić information content (AvgIpc) is 2.48. The van der Waals surface area contributed by atoms with Crippen molar-refractivity contribution in [1.29, 1.82) is 0 Å². The van der Waals surface area contributed by atoms with Gasteiger partial charge in [-0.2, -0.15) is 4.98 Å². The van der Waals surface area contributed by atoms with E-state index in [4.69, 9.17) is 14.2 Å². The van der Waals surface area contributed by atoms with Gasteiger partial charge in [-0.25, -0.2) is 4.98 Å². The number of fused-ring (bicyclic) bond motifs is 1. The van der Waals surface area contributed by atoms with Crippen LogP contribution in [0.2, 0.25) is 0 Å². The highest BCUT2D eigenvalue weighted by atomic mass is 16.7. The number of nitrogens with zero attached hydrogens (tertiary/aromatic N) is 3. The second kappa shape index (κ2) is 5.33. The molecule has 22 heavy (non-hydrogen) atoms. The number of pyridine rings is 1. The Morgan fingerprint density at radius 2 is 2.05 bits per heavy atom. The van der Waals surface area contributed by atoms with Gasteiger partial charge in [0.25, 0.3) is 5.56 Å². The van der Waals surface area contributed by atoms with E-state index in [0.29, 0.717) is 30.3 Å². The first-order chi connectivity index (χ1) is 10.4. The van der Waals surface area contributed by atoms with Gasteiger partial charge in [-0.3, -0.25) is 9.36 Å². The van der Waals surface area contributed by atoms with Crippen molar-refractivity contribution in [1.82, 2.24) is 14.5 Å². The predicted octanol–water partition coefficient (Wildman–Crippen LogP) is 1.43. The van der Waals surface area contributed by atoms with E-state index in [1.807, 2.05) is 26.8 Å². The second-order valence-electron chi connectivity index (χ2n) is 5.80. The summed E-state index contributed by atoms with van der Waals surface area (Å²) in [6.45, 7) is 6.34. The van der Waals surface area contributed by atoms with E-state index in [9.17, 15) is 4.79 Å². The van der Waals surface area contributed by atoms with Gasteiger partial charge in [0.05, 0.1) is 32.6 Å². The lowest BCUT2D eigenvalue weighted by Gasteiger charge is -2.35. The molecule has 3 rings (SSSR count). The Bertz CT molecular complexity index is 759. The molecule has 0 aliphatic carbocycles. The third kappa shape index (κ3) is 2.57. The predicted molar refractivity (Wildman–Crippen MR) is 80.1 cm³/mol. The van der Waals surface area contributed by atoms with Crippen LogP contribution in [-0.4, -0.2) is 40.6 Å². The summed E-state index contributed by atoms with van der Waals surface area (Å²) in [6.07, 6.45) is 1.30. The number of hydrogen-bond donors (Lipinski definition) is 0. The lowest BCUT2D eigenvalue weighted by Crippen LogP contribution is -2.43. The Morgan fingerprint density at radius 3 is 2.68 bits per heavy atom. The van der Waals surface area contributed by atoms with Crippen LogP contribution in [0.4, 0.5) is 0 Å². The third-order valence-electron chi connectivity index (χ3n) is 3.71. The Kier molecular flexibility index (Phi) is 3.62. The molecule has 2 aromatic heterocycles. The molecule has 1 fully saturated rings. The molecule has 118 valence electrons. The van der Waals surface area contributed by atoms with Crippen molar-refractivity contribution in [2.45, 2.75) is 32.6 Å². The smallest absolute Gasteiger partial charge is 0.271 e. The highest BCUT2D eigenvalue weighted by molar-refractivity contribution is 5.72. The van der Waals surface area contributed by atoms with Crippen molar-refractivity contribution in [3.05, 3.63) is 28.2 Å². The monoisotopic (exact) mass is 305 g/mol. The molecule has 0 spiro atoms. The molecule has 0 bridgehead atoms. The molecule has 2 aromatic rings. The van der Waals surface area contributed by atoms with Crippen LogP contribution < -0.4 is 10.3 Å². The second-order valence-corrected chi connectivity index (χ2v) is 5.80. The van der Waals surface area contributed by atoms with Gasteiger partial charge in [-0.05, 0) is 26.8 Å². The molecule has 7 nitrogen and oxygen atoms in total. The summed E-state index contributed by atoms with van der Waals surface area (Å²) in [4.78, 5) is 20.9. The summed E-state index contributed by atoms with van der Waals surface area (Å²) >= 11 is 0. The van der Waals surface area contributed by atoms with Crippen LogP contribution in [-0.2, 0) is 9.47 Å². The van der Waals surface area contributed by atoms with E-state index in [2.05, 4.69) is 9.97 Å². The molecular formula is C15H19N3O4. The highest BCUT2D eigenvalue weighted by Crippen LogP contribution is 2.26. The van der Waals surface area contributed by atoms with Crippen LogP contribution in [0.25, 0.3) is 11.2 Å². The number of hydrogen-bond acceptors (Lipinski definition) is 6. The van der Waals surface area contributed by atoms with E-state index < -0.39 is 5.79 Å². The molecule has 0 unspecified atom stereocenters. The van der Waals surface area contributed by atoms with Crippen LogP contribution in [0.3, 0.4) is 0 Å². The molecule has 1 aliphatic rings. The van der Waals surface area contributed by atoms with Crippen molar-refractivity contribution in [3.63, 3.8) is 0 Å². The van der Waals surface area contributed by atoms with Crippen molar-refractivity contribution < 1.29 is 14.2 Å². The maximum absolute atomic E-state index is 12.3. The fourth-order valence-electron chi connectivity index (χ4n) is 2.53. The number of aryl methyl sites for hydroxylation is 1. The average molecular weight is 305 g/mol. The van der Waals surface area contributed by atoms with Crippen molar-refractivity contribution in [2.75, 3.05) is 20.3 Å². The molecule has 0 radical (unpaired) electrons. The van der Waals surface area contributed by atoms with Crippen molar-refractivity contribution >= 4 is 11.2 Å². The first-order valence-electron chi connectivity index (χ1n) is 7.12. The summed E-state index contributed by atoms with van der Waals surface area (Å²) in [5.74, 6) is -0.156. The summed E-state index contributed by atoms with van der Waals surface area (Å²) in [5, 5.41) is 0. The molecule has 0 N–H and O–H groups in total. The number of rotatable bonds is 2. The number of ether oxygens (including phenoxy) is 3. The van der Waals surface area contributed by atoms with E-state index in [-0.39, 0.29) is 11.6 Å². The highest BCUT2D eigenvalue weighted by Gasteiger charge is 2.30. The summed E-state index contributed by atoms with van der Waals surface area (Å²) in [6, 6.07) is 1.61. The van der Waals surface area contributed by atoms with Crippen molar-refractivity contribution in [3.8, 4) is 5.88 Å². The normalized spacial score (nSPS) is 18.5. The fraction of sp³-hybridized carbons (Fsp3) is 0.533. The van der Waals surface area contributed by atoms with E-state index in [1.54, 1.807) is 11.7 Å². The van der Waals surface area contributed by atoms with E-state index in [1.165, 1.54) is 6.20 Å². The van der Waals surface area contributed by atoms with Gasteiger partial charge in [0, 0.05) is 5.56 Å². The maximum atomic E-state index is 12.3. The van der Waals surface area contributed by atoms with Gasteiger partial charge in [0.15, 0.2) is 11.4 Å². The maximum Gasteiger partial charge on any atom is 0.271 e. The Balaban J connectivity index is 2.12. The molecule has 7 heteroatoms. The van der Waals surface area contributed by atoms with Gasteiger partial charge in [0.2, 0.25) is 5.88 Å². The fourth-order valence-corrected chi connectivity index (χ4v) is 2.53. The third-order valence-corrected chi connectivity index (χ3v) is 3.71. The number of methoxy groups -OCH3 is 1. The molecule has 0 atom stereocenters. The SMILES string of the molecule is COc1nc2c(cc1C)ncc(=O)n2C1COC(C)(C)OC1. The van der Waals surface area contributed by atoms with E-state index in [0.717, 1.165) is 5.56 Å². The molecule has 0 saturated carbocycles. The van der Waals surface area contributed by atoms with Crippen LogP contribution in [0.5, 0.6) is 5.88 Å².